The Morgan fingerprint density at radius 2 is 1.89 bits per heavy atom. The van der Waals surface area contributed by atoms with Gasteiger partial charge in [-0.2, -0.15) is 0 Å². The van der Waals surface area contributed by atoms with Crippen molar-refractivity contribution in [2.24, 2.45) is 0 Å². The molecule has 1 heterocycles. The number of nitrogens with one attached hydrogen (secondary N) is 3. The molecule has 0 radical (unpaired) electrons. The fourth-order valence-corrected chi connectivity index (χ4v) is 6.00. The molecule has 3 aromatic carbocycles. The van der Waals surface area contributed by atoms with Gasteiger partial charge in [0.25, 0.3) is 0 Å². The summed E-state index contributed by atoms with van der Waals surface area (Å²) in [5.41, 5.74) is 2.52. The van der Waals surface area contributed by atoms with Gasteiger partial charge in [-0.25, -0.2) is 17.6 Å². The topological polar surface area (TPSA) is 87.3 Å². The number of alkyl halides is 1. The van der Waals surface area contributed by atoms with E-state index in [1.54, 1.807) is 18.2 Å². The van der Waals surface area contributed by atoms with Crippen LogP contribution in [-0.2, 0) is 27.8 Å². The highest BCUT2D eigenvalue weighted by molar-refractivity contribution is 7.90. The molecule has 0 aliphatic carbocycles. The summed E-state index contributed by atoms with van der Waals surface area (Å²) in [5.74, 6) is -0.244. The van der Waals surface area contributed by atoms with Crippen molar-refractivity contribution in [1.29, 1.82) is 0 Å². The second-order valence-electron chi connectivity index (χ2n) is 9.37. The van der Waals surface area contributed by atoms with Crippen LogP contribution in [0.5, 0.6) is 0 Å². The molecule has 0 bridgehead atoms. The maximum absolute atomic E-state index is 14.9. The van der Waals surface area contributed by atoms with Gasteiger partial charge in [-0.3, -0.25) is 0 Å². The first-order valence-corrected chi connectivity index (χ1v) is 13.7. The summed E-state index contributed by atoms with van der Waals surface area (Å²) in [6, 6.07) is 16.0. The van der Waals surface area contributed by atoms with Crippen LogP contribution in [0.3, 0.4) is 0 Å². The van der Waals surface area contributed by atoms with Crippen molar-refractivity contribution in [3.63, 3.8) is 0 Å². The zero-order chi connectivity index (χ0) is 26.1. The highest BCUT2D eigenvalue weighted by Crippen LogP contribution is 2.33. The van der Waals surface area contributed by atoms with Crippen LogP contribution in [0, 0.1) is 6.92 Å². The average Bonchev–Trinajstić information content (AvgIpc) is 2.81. The van der Waals surface area contributed by atoms with E-state index >= 15 is 0 Å². The fourth-order valence-electron chi connectivity index (χ4n) is 4.37. The zero-order valence-electron chi connectivity index (χ0n) is 20.4. The van der Waals surface area contributed by atoms with Crippen molar-refractivity contribution < 1.29 is 17.6 Å². The first-order chi connectivity index (χ1) is 17.0. The smallest absolute Gasteiger partial charge is 0.319 e. The normalized spacial score (nSPS) is 18.2. The Hall–Kier alpha value is -2.94. The largest absolute Gasteiger partial charge is 0.331 e. The molecule has 0 saturated heterocycles. The molecule has 2 unspecified atom stereocenters. The predicted octanol–water partition coefficient (Wildman–Crippen LogP) is 5.79. The average molecular weight is 530 g/mol. The number of fused-ring (bicyclic) bond motifs is 1. The summed E-state index contributed by atoms with van der Waals surface area (Å²) in [6.07, 6.45) is 0. The minimum atomic E-state index is -3.67. The van der Waals surface area contributed by atoms with E-state index in [2.05, 4.69) is 16.0 Å². The molecule has 6 nitrogen and oxygen atoms in total. The number of amides is 2. The van der Waals surface area contributed by atoms with Crippen molar-refractivity contribution >= 4 is 33.2 Å². The van der Waals surface area contributed by atoms with Gasteiger partial charge in [0.2, 0.25) is 0 Å². The first-order valence-electron chi connectivity index (χ1n) is 11.6. The van der Waals surface area contributed by atoms with E-state index in [0.29, 0.717) is 28.4 Å². The molecular weight excluding hydrogens is 501 g/mol. The number of anilines is 1. The number of halogens is 2. The summed E-state index contributed by atoms with van der Waals surface area (Å²) < 4.78 is 40.9. The number of carbonyl (C=O) groups excluding carboxylic acids is 1. The number of hydrogen-bond acceptors (Lipinski definition) is 4. The summed E-state index contributed by atoms with van der Waals surface area (Å²) in [4.78, 5) is 12.6. The molecule has 190 valence electrons. The lowest BCUT2D eigenvalue weighted by Crippen LogP contribution is -2.37. The van der Waals surface area contributed by atoms with Crippen molar-refractivity contribution in [3.8, 4) is 0 Å². The second-order valence-corrected chi connectivity index (χ2v) is 11.7. The molecule has 9 heteroatoms. The van der Waals surface area contributed by atoms with E-state index in [4.69, 9.17) is 11.6 Å². The second kappa shape index (κ2) is 10.2. The molecule has 3 N–H and O–H groups in total. The Balaban J connectivity index is 1.42. The summed E-state index contributed by atoms with van der Waals surface area (Å²) in [6.45, 7) is 5.97. The van der Waals surface area contributed by atoms with Crippen LogP contribution in [0.1, 0.15) is 47.7 Å². The number of hydrogen-bond donors (Lipinski definition) is 3. The number of urea groups is 1. The highest BCUT2D eigenvalue weighted by atomic mass is 35.5. The van der Waals surface area contributed by atoms with Gasteiger partial charge in [-0.15, -0.1) is 0 Å². The SMILES string of the molecule is Cc1cccc(C(C)NC(=O)Nc2ccc(S(=O)(=O)Cc3ccc4c(c3)C(C)(F)CNC4)cc2)c1Cl. The van der Waals surface area contributed by atoms with E-state index in [0.717, 1.165) is 16.7 Å². The van der Waals surface area contributed by atoms with Gasteiger partial charge in [-0.1, -0.05) is 48.0 Å². The van der Waals surface area contributed by atoms with Crippen molar-refractivity contribution in [3.05, 3.63) is 93.5 Å². The van der Waals surface area contributed by atoms with Gasteiger partial charge >= 0.3 is 6.03 Å². The van der Waals surface area contributed by atoms with Gasteiger partial charge in [0.15, 0.2) is 9.84 Å². The molecule has 4 rings (SSSR count). The summed E-state index contributed by atoms with van der Waals surface area (Å²) in [7, 11) is -3.67. The lowest BCUT2D eigenvalue weighted by Gasteiger charge is -2.30. The molecule has 1 aliphatic rings. The maximum Gasteiger partial charge on any atom is 0.319 e. The van der Waals surface area contributed by atoms with Crippen LogP contribution in [-0.4, -0.2) is 21.0 Å². The van der Waals surface area contributed by atoms with Crippen LogP contribution in [0.25, 0.3) is 0 Å². The molecule has 2 atom stereocenters. The number of carbonyl (C=O) groups is 1. The van der Waals surface area contributed by atoms with Crippen LogP contribution in [0.15, 0.2) is 65.6 Å². The Morgan fingerprint density at radius 1 is 1.17 bits per heavy atom. The molecule has 0 spiro atoms. The molecule has 0 saturated carbocycles. The molecule has 0 fully saturated rings. The van der Waals surface area contributed by atoms with Crippen LogP contribution < -0.4 is 16.0 Å². The Morgan fingerprint density at radius 3 is 2.61 bits per heavy atom. The third-order valence-corrected chi connectivity index (χ3v) is 8.59. The lowest BCUT2D eigenvalue weighted by molar-refractivity contribution is 0.173. The summed E-state index contributed by atoms with van der Waals surface area (Å²) in [5, 5.41) is 9.18. The minimum Gasteiger partial charge on any atom is -0.331 e. The number of benzene rings is 3. The molecular formula is C27H29ClFN3O3S. The van der Waals surface area contributed by atoms with Gasteiger partial charge in [-0.05, 0) is 72.9 Å². The fraction of sp³-hybridized carbons (Fsp3) is 0.296. The Bertz CT molecular complexity index is 1390. The maximum atomic E-state index is 14.9. The van der Waals surface area contributed by atoms with Gasteiger partial charge in [0.1, 0.15) is 5.67 Å². The molecule has 1 aliphatic heterocycles. The Kier molecular flexibility index (Phi) is 7.41. The summed E-state index contributed by atoms with van der Waals surface area (Å²) >= 11 is 6.35. The molecule has 2 amide bonds. The van der Waals surface area contributed by atoms with Gasteiger partial charge in [0.05, 0.1) is 16.7 Å². The number of sulfone groups is 1. The zero-order valence-corrected chi connectivity index (χ0v) is 21.9. The quantitative estimate of drug-likeness (QED) is 0.377. The third-order valence-electron chi connectivity index (χ3n) is 6.37. The third kappa shape index (κ3) is 5.72. The lowest BCUT2D eigenvalue weighted by atomic mass is 9.88. The number of aryl methyl sites for hydroxylation is 1. The molecule has 36 heavy (non-hydrogen) atoms. The van der Waals surface area contributed by atoms with Crippen LogP contribution in [0.2, 0.25) is 5.02 Å². The van der Waals surface area contributed by atoms with E-state index in [1.165, 1.54) is 31.2 Å². The van der Waals surface area contributed by atoms with Crippen molar-refractivity contribution in [2.75, 3.05) is 11.9 Å². The van der Waals surface area contributed by atoms with Crippen molar-refractivity contribution in [2.45, 2.75) is 49.7 Å². The van der Waals surface area contributed by atoms with E-state index in [9.17, 15) is 17.6 Å². The van der Waals surface area contributed by atoms with E-state index in [-0.39, 0.29) is 23.2 Å². The van der Waals surface area contributed by atoms with Crippen molar-refractivity contribution in [1.82, 2.24) is 10.6 Å². The molecule has 0 aromatic heterocycles. The minimum absolute atomic E-state index is 0.121. The van der Waals surface area contributed by atoms with Gasteiger partial charge in [0, 0.05) is 23.8 Å². The van der Waals surface area contributed by atoms with E-state index in [1.807, 2.05) is 32.0 Å². The number of rotatable bonds is 6. The monoisotopic (exact) mass is 529 g/mol. The predicted molar refractivity (Wildman–Crippen MR) is 141 cm³/mol. The Labute approximate surface area is 216 Å². The van der Waals surface area contributed by atoms with Crippen LogP contribution in [0.4, 0.5) is 14.9 Å². The van der Waals surface area contributed by atoms with Crippen LogP contribution >= 0.6 is 11.6 Å². The van der Waals surface area contributed by atoms with Gasteiger partial charge < -0.3 is 16.0 Å². The standard InChI is InChI=1S/C27H29ClFN3O3S/c1-17-5-4-6-23(25(17)28)18(2)31-26(33)32-21-9-11-22(12-10-21)36(34,35)15-19-7-8-20-14-30-16-27(3,29)24(20)13-19/h4-13,18,30H,14-16H2,1-3H3,(H2,31,32,33). The van der Waals surface area contributed by atoms with E-state index < -0.39 is 21.5 Å². The first kappa shape index (κ1) is 26.1. The molecule has 3 aromatic rings. The highest BCUT2D eigenvalue weighted by Gasteiger charge is 2.32.